The quantitative estimate of drug-likeness (QED) is 0.157. The van der Waals surface area contributed by atoms with Gasteiger partial charge in [0, 0.05) is 13.5 Å². The summed E-state index contributed by atoms with van der Waals surface area (Å²) in [4.78, 5) is 23.0. The zero-order chi connectivity index (χ0) is 20.8. The Hall–Kier alpha value is -0.500. The van der Waals surface area contributed by atoms with E-state index in [-0.39, 0.29) is 19.8 Å². The third kappa shape index (κ3) is 18.6. The molecule has 0 aromatic heterocycles. The van der Waals surface area contributed by atoms with E-state index in [1.54, 1.807) is 0 Å². The van der Waals surface area contributed by atoms with Gasteiger partial charge in [0.15, 0.2) is 0 Å². The number of hydrogen-bond donors (Lipinski definition) is 0. The molecule has 0 aliphatic heterocycles. The first kappa shape index (κ1) is 26.5. The van der Waals surface area contributed by atoms with Crippen LogP contribution in [0.15, 0.2) is 0 Å². The van der Waals surface area contributed by atoms with E-state index in [1.165, 1.54) is 32.6 Å². The maximum Gasteiger partial charge on any atom is 0.303 e. The van der Waals surface area contributed by atoms with Gasteiger partial charge in [-0.2, -0.15) is 0 Å². The number of ether oxygens (including phenoxy) is 2. The van der Waals surface area contributed by atoms with Crippen molar-refractivity contribution in [2.24, 2.45) is 0 Å². The van der Waals surface area contributed by atoms with Gasteiger partial charge in [-0.15, -0.1) is 0 Å². The summed E-state index contributed by atoms with van der Waals surface area (Å²) in [5, 5.41) is 0. The molecule has 0 bridgehead atoms. The summed E-state index contributed by atoms with van der Waals surface area (Å²) < 4.78 is 32.6. The number of nitrogens with zero attached hydrogens (tertiary/aromatic N) is 1. The number of quaternary nitrogens is 1. The highest BCUT2D eigenvalue weighted by molar-refractivity contribution is 7.45. The normalized spacial score (nSPS) is 15.3. The smallest absolute Gasteiger partial charge is 0.303 e. The zero-order valence-corrected chi connectivity index (χ0v) is 18.5. The minimum atomic E-state index is -4.44. The van der Waals surface area contributed by atoms with Crippen molar-refractivity contribution in [2.45, 2.75) is 58.5 Å². The Balaban J connectivity index is 4.10. The van der Waals surface area contributed by atoms with Gasteiger partial charge in [0.05, 0.1) is 34.4 Å². The molecular weight excluding hydrogens is 373 g/mol. The van der Waals surface area contributed by atoms with Gasteiger partial charge in [-0.25, -0.2) is 0 Å². The number of phosphoric ester groups is 1. The van der Waals surface area contributed by atoms with Crippen LogP contribution in [0.2, 0.25) is 0 Å². The van der Waals surface area contributed by atoms with Crippen LogP contribution >= 0.6 is 7.82 Å². The highest BCUT2D eigenvalue weighted by Crippen LogP contribution is 2.38. The Labute approximate surface area is 164 Å². The molecule has 0 amide bonds. The molecule has 0 radical (unpaired) electrons. The summed E-state index contributed by atoms with van der Waals surface area (Å²) in [5.41, 5.74) is 0. The summed E-state index contributed by atoms with van der Waals surface area (Å²) in [6, 6.07) is 0. The van der Waals surface area contributed by atoms with Crippen molar-refractivity contribution in [1.29, 1.82) is 0 Å². The molecule has 2 atom stereocenters. The van der Waals surface area contributed by atoms with E-state index in [9.17, 15) is 14.3 Å². The van der Waals surface area contributed by atoms with E-state index in [4.69, 9.17) is 18.5 Å². The lowest BCUT2D eigenvalue weighted by Crippen LogP contribution is -2.37. The lowest BCUT2D eigenvalue weighted by molar-refractivity contribution is -0.870. The molecule has 27 heavy (non-hydrogen) atoms. The number of carbonyl (C=O) groups excluding carboxylic acids is 1. The van der Waals surface area contributed by atoms with Gasteiger partial charge in [-0.3, -0.25) is 9.36 Å². The number of phosphoric acid groups is 1. The van der Waals surface area contributed by atoms with Crippen molar-refractivity contribution >= 4 is 13.8 Å². The maximum atomic E-state index is 11.8. The first-order valence-electron chi connectivity index (χ1n) is 9.71. The van der Waals surface area contributed by atoms with Crippen molar-refractivity contribution in [3.63, 3.8) is 0 Å². The largest absolute Gasteiger partial charge is 0.756 e. The lowest BCUT2D eigenvalue weighted by Gasteiger charge is -2.28. The summed E-state index contributed by atoms with van der Waals surface area (Å²) in [5.74, 6) is -0.515. The third-order valence-electron chi connectivity index (χ3n) is 3.71. The summed E-state index contributed by atoms with van der Waals surface area (Å²) in [6.45, 7) is 4.29. The Morgan fingerprint density at radius 3 is 2.22 bits per heavy atom. The van der Waals surface area contributed by atoms with Gasteiger partial charge in [-0.05, 0) is 6.42 Å². The van der Waals surface area contributed by atoms with Crippen molar-refractivity contribution in [3.05, 3.63) is 0 Å². The number of esters is 1. The number of rotatable bonds is 17. The molecular formula is C18H38NO7P. The first-order chi connectivity index (χ1) is 12.6. The predicted molar refractivity (Wildman–Crippen MR) is 102 cm³/mol. The van der Waals surface area contributed by atoms with E-state index in [1.807, 2.05) is 21.1 Å². The van der Waals surface area contributed by atoms with Crippen molar-refractivity contribution in [1.82, 2.24) is 0 Å². The molecule has 0 fully saturated rings. The average Bonchev–Trinajstić information content (AvgIpc) is 2.53. The van der Waals surface area contributed by atoms with Crippen LogP contribution in [0.25, 0.3) is 0 Å². The standard InChI is InChI=1S/C18H38NO7P/c1-6-7-8-9-10-11-13-23-15-18(26-17(2)20)16-25-27(21,22)24-14-12-19(3,4)5/h18H,6-16H2,1-5H3/t18-/m1/s1. The highest BCUT2D eigenvalue weighted by Gasteiger charge is 2.19. The van der Waals surface area contributed by atoms with Crippen LogP contribution < -0.4 is 4.89 Å². The van der Waals surface area contributed by atoms with Crippen LogP contribution in [-0.2, 0) is 27.9 Å². The molecule has 162 valence electrons. The second-order valence-electron chi connectivity index (χ2n) is 7.66. The lowest BCUT2D eigenvalue weighted by atomic mass is 10.1. The SMILES string of the molecule is CCCCCCCCOC[C@H](COP(=O)([O-])OCC[N+](C)(C)C)OC(C)=O. The molecule has 0 spiro atoms. The Bertz CT molecular complexity index is 440. The van der Waals surface area contributed by atoms with E-state index in [0.29, 0.717) is 17.6 Å². The average molecular weight is 411 g/mol. The molecule has 0 saturated carbocycles. The number of unbranched alkanes of at least 4 members (excludes halogenated alkanes) is 5. The topological polar surface area (TPSA) is 94.1 Å². The fourth-order valence-electron chi connectivity index (χ4n) is 2.19. The van der Waals surface area contributed by atoms with E-state index in [0.717, 1.165) is 12.8 Å². The van der Waals surface area contributed by atoms with Gasteiger partial charge in [-0.1, -0.05) is 39.0 Å². The van der Waals surface area contributed by atoms with Crippen molar-refractivity contribution < 1.29 is 37.3 Å². The number of carbonyl (C=O) groups is 1. The molecule has 0 rings (SSSR count). The Morgan fingerprint density at radius 1 is 1.00 bits per heavy atom. The monoisotopic (exact) mass is 411 g/mol. The van der Waals surface area contributed by atoms with Crippen LogP contribution in [0.5, 0.6) is 0 Å². The van der Waals surface area contributed by atoms with E-state index in [2.05, 4.69) is 6.92 Å². The minimum Gasteiger partial charge on any atom is -0.756 e. The van der Waals surface area contributed by atoms with Gasteiger partial charge in [0.2, 0.25) is 0 Å². The zero-order valence-electron chi connectivity index (χ0n) is 17.6. The first-order valence-corrected chi connectivity index (χ1v) is 11.2. The summed E-state index contributed by atoms with van der Waals surface area (Å²) in [7, 11) is 1.34. The molecule has 8 nitrogen and oxygen atoms in total. The Kier molecular flexibility index (Phi) is 14.2. The third-order valence-corrected chi connectivity index (χ3v) is 4.67. The van der Waals surface area contributed by atoms with Gasteiger partial charge >= 0.3 is 5.97 Å². The van der Waals surface area contributed by atoms with Gasteiger partial charge in [0.25, 0.3) is 7.82 Å². The number of hydrogen-bond acceptors (Lipinski definition) is 7. The molecule has 0 saturated heterocycles. The van der Waals surface area contributed by atoms with Crippen molar-refractivity contribution in [2.75, 3.05) is 54.1 Å². The molecule has 9 heteroatoms. The molecule has 0 aromatic rings. The van der Waals surface area contributed by atoms with Crippen LogP contribution in [0.3, 0.4) is 0 Å². The van der Waals surface area contributed by atoms with Crippen LogP contribution in [0, 0.1) is 0 Å². The molecule has 1 unspecified atom stereocenters. The van der Waals surface area contributed by atoms with Crippen LogP contribution in [-0.4, -0.2) is 70.7 Å². The minimum absolute atomic E-state index is 0.0248. The van der Waals surface area contributed by atoms with Crippen LogP contribution in [0.4, 0.5) is 0 Å². The van der Waals surface area contributed by atoms with Gasteiger partial charge < -0.3 is 27.9 Å². The van der Waals surface area contributed by atoms with E-state index >= 15 is 0 Å². The summed E-state index contributed by atoms with van der Waals surface area (Å²) in [6.07, 6.45) is 6.09. The second kappa shape index (κ2) is 14.5. The van der Waals surface area contributed by atoms with E-state index < -0.39 is 19.9 Å². The Morgan fingerprint density at radius 2 is 1.63 bits per heavy atom. The van der Waals surface area contributed by atoms with Gasteiger partial charge in [0.1, 0.15) is 19.3 Å². The molecule has 0 heterocycles. The molecule has 0 aliphatic carbocycles. The highest BCUT2D eigenvalue weighted by atomic mass is 31.2. The second-order valence-corrected chi connectivity index (χ2v) is 9.08. The van der Waals surface area contributed by atoms with Crippen molar-refractivity contribution in [3.8, 4) is 0 Å². The summed E-state index contributed by atoms with van der Waals surface area (Å²) >= 11 is 0. The van der Waals surface area contributed by atoms with Crippen LogP contribution in [0.1, 0.15) is 52.4 Å². The maximum absolute atomic E-state index is 11.8. The fraction of sp³-hybridized carbons (Fsp3) is 0.944. The predicted octanol–water partition coefficient (Wildman–Crippen LogP) is 2.50. The number of likely N-dealkylation sites (N-methyl/N-ethyl adjacent to an activating group) is 1. The molecule has 0 aromatic carbocycles. The fourth-order valence-corrected chi connectivity index (χ4v) is 2.92. The molecule has 0 N–H and O–H groups in total. The molecule has 0 aliphatic rings.